The summed E-state index contributed by atoms with van der Waals surface area (Å²) in [6, 6.07) is 15.7. The number of hydrogen-bond donors (Lipinski definition) is 0. The van der Waals surface area contributed by atoms with Crippen molar-refractivity contribution in [3.05, 3.63) is 53.6 Å². The van der Waals surface area contributed by atoms with E-state index in [9.17, 15) is 0 Å². The second-order valence-corrected chi connectivity index (χ2v) is 8.46. The van der Waals surface area contributed by atoms with Gasteiger partial charge in [-0.1, -0.05) is 6.07 Å². The van der Waals surface area contributed by atoms with Crippen LogP contribution >= 0.6 is 0 Å². The lowest BCUT2D eigenvalue weighted by molar-refractivity contribution is 0.212. The first kappa shape index (κ1) is 21.5. The zero-order valence-corrected chi connectivity index (χ0v) is 18.4. The van der Waals surface area contributed by atoms with Crippen LogP contribution in [-0.2, 0) is 6.42 Å². The number of hydrogen-bond acceptors (Lipinski definition) is 6. The minimum atomic E-state index is 0.662. The zero-order chi connectivity index (χ0) is 21.6. The Kier molecular flexibility index (Phi) is 6.96. The van der Waals surface area contributed by atoms with Crippen molar-refractivity contribution in [1.82, 2.24) is 9.80 Å². The first-order valence-corrected chi connectivity index (χ1v) is 11.0. The molecule has 0 aromatic heterocycles. The Hall–Kier alpha value is -2.75. The molecule has 0 aliphatic carbocycles. The molecule has 0 radical (unpaired) electrons. The molecule has 6 nitrogen and oxygen atoms in total. The lowest BCUT2D eigenvalue weighted by Crippen LogP contribution is -2.32. The minimum Gasteiger partial charge on any atom is -0.493 e. The Morgan fingerprint density at radius 2 is 1.52 bits per heavy atom. The van der Waals surface area contributed by atoms with Gasteiger partial charge >= 0.3 is 0 Å². The molecule has 2 saturated heterocycles. The summed E-state index contributed by atoms with van der Waals surface area (Å²) in [6.07, 6.45) is 1.03. The van der Waals surface area contributed by atoms with Crippen LogP contribution in [0.3, 0.4) is 0 Å². The molecule has 2 unspecified atom stereocenters. The molecule has 2 aliphatic rings. The second-order valence-electron chi connectivity index (χ2n) is 8.46. The minimum absolute atomic E-state index is 0.662. The molecule has 2 fully saturated rings. The molecule has 2 atom stereocenters. The highest BCUT2D eigenvalue weighted by molar-refractivity contribution is 5.43. The quantitative estimate of drug-likeness (QED) is 0.620. The smallest absolute Gasteiger partial charge is 0.160 e. The standard InChI is InChI=1S/C25H31N3O3/c1-29-24-8-5-19(13-25(24)30-2)9-10-27-15-21-17-28(18-22(21)16-27)11-12-31-23-6-3-20(14-26)4-7-23/h3-8,13,21-22H,9-12,15-18H2,1-2H3. The molecule has 4 rings (SSSR count). The van der Waals surface area contributed by atoms with E-state index in [2.05, 4.69) is 28.0 Å². The van der Waals surface area contributed by atoms with Crippen LogP contribution in [0.15, 0.2) is 42.5 Å². The van der Waals surface area contributed by atoms with Gasteiger partial charge in [-0.2, -0.15) is 5.26 Å². The largest absolute Gasteiger partial charge is 0.493 e. The summed E-state index contributed by atoms with van der Waals surface area (Å²) in [5.74, 6) is 3.95. The van der Waals surface area contributed by atoms with E-state index >= 15 is 0 Å². The Morgan fingerprint density at radius 1 is 0.871 bits per heavy atom. The van der Waals surface area contributed by atoms with E-state index in [4.69, 9.17) is 19.5 Å². The maximum Gasteiger partial charge on any atom is 0.160 e. The number of nitrogens with zero attached hydrogens (tertiary/aromatic N) is 3. The summed E-state index contributed by atoms with van der Waals surface area (Å²) in [7, 11) is 3.35. The summed E-state index contributed by atoms with van der Waals surface area (Å²) in [4.78, 5) is 5.14. The molecule has 0 spiro atoms. The predicted molar refractivity (Wildman–Crippen MR) is 120 cm³/mol. The number of nitriles is 1. The van der Waals surface area contributed by atoms with E-state index in [1.165, 1.54) is 18.7 Å². The maximum atomic E-state index is 8.87. The van der Waals surface area contributed by atoms with Gasteiger partial charge in [0.15, 0.2) is 11.5 Å². The molecule has 31 heavy (non-hydrogen) atoms. The fourth-order valence-electron chi connectivity index (χ4n) is 4.79. The van der Waals surface area contributed by atoms with Gasteiger partial charge in [0, 0.05) is 39.3 Å². The third-order valence-corrected chi connectivity index (χ3v) is 6.46. The molecular weight excluding hydrogens is 390 g/mol. The summed E-state index contributed by atoms with van der Waals surface area (Å²) >= 11 is 0. The predicted octanol–water partition coefficient (Wildman–Crippen LogP) is 3.06. The van der Waals surface area contributed by atoms with Crippen LogP contribution in [0.2, 0.25) is 0 Å². The first-order chi connectivity index (χ1) is 15.2. The van der Waals surface area contributed by atoms with Gasteiger partial charge in [0.05, 0.1) is 25.9 Å². The molecule has 2 aromatic rings. The topological polar surface area (TPSA) is 58.0 Å². The number of ether oxygens (including phenoxy) is 3. The van der Waals surface area contributed by atoms with Gasteiger partial charge in [0.25, 0.3) is 0 Å². The van der Waals surface area contributed by atoms with Crippen molar-refractivity contribution in [1.29, 1.82) is 5.26 Å². The number of methoxy groups -OCH3 is 2. The highest BCUT2D eigenvalue weighted by atomic mass is 16.5. The van der Waals surface area contributed by atoms with Gasteiger partial charge < -0.3 is 19.1 Å². The van der Waals surface area contributed by atoms with Crippen molar-refractivity contribution in [2.75, 3.05) is 60.1 Å². The summed E-state index contributed by atoms with van der Waals surface area (Å²) in [5.41, 5.74) is 1.95. The molecule has 6 heteroatoms. The molecule has 2 aliphatic heterocycles. The molecule has 0 bridgehead atoms. The SMILES string of the molecule is COc1ccc(CCN2CC3CN(CCOc4ccc(C#N)cc4)CC3C2)cc1OC. The van der Waals surface area contributed by atoms with E-state index in [-0.39, 0.29) is 0 Å². The second kappa shape index (κ2) is 10.0. The Balaban J connectivity index is 1.17. The molecule has 0 saturated carbocycles. The monoisotopic (exact) mass is 421 g/mol. The fraction of sp³-hybridized carbons (Fsp3) is 0.480. The van der Waals surface area contributed by atoms with Gasteiger partial charge in [-0.05, 0) is 60.2 Å². The van der Waals surface area contributed by atoms with Crippen LogP contribution in [0.4, 0.5) is 0 Å². The van der Waals surface area contributed by atoms with Crippen molar-refractivity contribution < 1.29 is 14.2 Å². The lowest BCUT2D eigenvalue weighted by Gasteiger charge is -2.21. The highest BCUT2D eigenvalue weighted by Gasteiger charge is 2.39. The van der Waals surface area contributed by atoms with Crippen LogP contribution < -0.4 is 14.2 Å². The highest BCUT2D eigenvalue weighted by Crippen LogP contribution is 2.32. The summed E-state index contributed by atoms with van der Waals surface area (Å²) < 4.78 is 16.6. The van der Waals surface area contributed by atoms with E-state index in [1.807, 2.05) is 18.2 Å². The van der Waals surface area contributed by atoms with E-state index < -0.39 is 0 Å². The Labute approximate surface area is 184 Å². The van der Waals surface area contributed by atoms with Crippen molar-refractivity contribution >= 4 is 0 Å². The van der Waals surface area contributed by atoms with Gasteiger partial charge in [-0.3, -0.25) is 4.90 Å². The Morgan fingerprint density at radius 3 is 2.13 bits per heavy atom. The zero-order valence-electron chi connectivity index (χ0n) is 18.4. The van der Waals surface area contributed by atoms with Crippen molar-refractivity contribution in [3.8, 4) is 23.3 Å². The third-order valence-electron chi connectivity index (χ3n) is 6.46. The van der Waals surface area contributed by atoms with Crippen LogP contribution in [0.5, 0.6) is 17.2 Å². The molecular formula is C25H31N3O3. The molecule has 164 valence electrons. The molecule has 2 heterocycles. The number of likely N-dealkylation sites (tertiary alicyclic amines) is 2. The van der Waals surface area contributed by atoms with Crippen LogP contribution in [0.25, 0.3) is 0 Å². The fourth-order valence-corrected chi connectivity index (χ4v) is 4.79. The molecule has 0 N–H and O–H groups in total. The van der Waals surface area contributed by atoms with E-state index in [0.29, 0.717) is 12.2 Å². The molecule has 2 aromatic carbocycles. The van der Waals surface area contributed by atoms with Crippen molar-refractivity contribution in [2.45, 2.75) is 6.42 Å². The van der Waals surface area contributed by atoms with Crippen LogP contribution in [0, 0.1) is 23.2 Å². The maximum absolute atomic E-state index is 8.87. The van der Waals surface area contributed by atoms with Crippen LogP contribution in [-0.4, -0.2) is 69.9 Å². The van der Waals surface area contributed by atoms with E-state index in [0.717, 1.165) is 61.7 Å². The Bertz CT molecular complexity index is 895. The molecule has 0 amide bonds. The van der Waals surface area contributed by atoms with Gasteiger partial charge in [-0.25, -0.2) is 0 Å². The summed E-state index contributed by atoms with van der Waals surface area (Å²) in [5, 5.41) is 8.87. The first-order valence-electron chi connectivity index (χ1n) is 11.0. The van der Waals surface area contributed by atoms with Gasteiger partial charge in [-0.15, -0.1) is 0 Å². The average Bonchev–Trinajstić information content (AvgIpc) is 3.36. The number of fused-ring (bicyclic) bond motifs is 1. The number of benzene rings is 2. The summed E-state index contributed by atoms with van der Waals surface area (Å²) in [6.45, 7) is 7.43. The normalized spacial score (nSPS) is 20.9. The van der Waals surface area contributed by atoms with Crippen molar-refractivity contribution in [2.24, 2.45) is 11.8 Å². The van der Waals surface area contributed by atoms with Crippen LogP contribution in [0.1, 0.15) is 11.1 Å². The average molecular weight is 422 g/mol. The number of rotatable bonds is 9. The van der Waals surface area contributed by atoms with E-state index in [1.54, 1.807) is 26.4 Å². The lowest BCUT2D eigenvalue weighted by atomic mass is 10.0. The third kappa shape index (κ3) is 5.30. The van der Waals surface area contributed by atoms with Gasteiger partial charge in [0.2, 0.25) is 0 Å². The van der Waals surface area contributed by atoms with Gasteiger partial charge in [0.1, 0.15) is 12.4 Å². The van der Waals surface area contributed by atoms with Crippen molar-refractivity contribution in [3.63, 3.8) is 0 Å².